The summed E-state index contributed by atoms with van der Waals surface area (Å²) in [5.41, 5.74) is 19.7. The maximum atomic E-state index is 6.05. The van der Waals surface area contributed by atoms with E-state index < -0.39 is 0 Å². The Labute approximate surface area is 129 Å². The maximum Gasteiger partial charge on any atom is 0.221 e. The Morgan fingerprint density at radius 3 is 2.09 bits per heavy atom. The third kappa shape index (κ3) is 3.49. The van der Waals surface area contributed by atoms with Crippen LogP contribution in [0, 0.1) is 0 Å². The number of hydrogen-bond donors (Lipinski definition) is 3. The second-order valence-electron chi connectivity index (χ2n) is 4.69. The van der Waals surface area contributed by atoms with Crippen molar-refractivity contribution >= 4 is 17.5 Å². The van der Waals surface area contributed by atoms with E-state index in [0.29, 0.717) is 42.6 Å². The third-order valence-corrected chi connectivity index (χ3v) is 3.07. The van der Waals surface area contributed by atoms with E-state index in [1.807, 2.05) is 26.0 Å². The van der Waals surface area contributed by atoms with Gasteiger partial charge in [0.05, 0.1) is 13.2 Å². The molecule has 22 heavy (non-hydrogen) atoms. The van der Waals surface area contributed by atoms with E-state index in [2.05, 4.69) is 9.97 Å². The molecule has 1 aromatic carbocycles. The zero-order valence-corrected chi connectivity index (χ0v) is 12.8. The van der Waals surface area contributed by atoms with Crippen LogP contribution in [-0.4, -0.2) is 23.2 Å². The third-order valence-electron chi connectivity index (χ3n) is 3.07. The molecule has 0 saturated heterocycles. The summed E-state index contributed by atoms with van der Waals surface area (Å²) in [6.07, 6.45) is 2.15. The van der Waals surface area contributed by atoms with Crippen LogP contribution < -0.4 is 26.7 Å². The van der Waals surface area contributed by atoms with E-state index in [-0.39, 0.29) is 5.95 Å². The number of ether oxygens (including phenoxy) is 2. The van der Waals surface area contributed by atoms with Crippen molar-refractivity contribution in [1.82, 2.24) is 9.97 Å². The quantitative estimate of drug-likeness (QED) is 0.693. The monoisotopic (exact) mass is 303 g/mol. The van der Waals surface area contributed by atoms with E-state index in [4.69, 9.17) is 26.7 Å². The molecule has 1 aromatic heterocycles. The molecule has 0 bridgehead atoms. The van der Waals surface area contributed by atoms with Crippen LogP contribution >= 0.6 is 0 Å². The molecule has 0 fully saturated rings. The molecular formula is C15H21N5O2. The molecule has 118 valence electrons. The minimum atomic E-state index is 0.156. The number of aromatic nitrogens is 2. The molecule has 0 saturated carbocycles. The van der Waals surface area contributed by atoms with Gasteiger partial charge in [-0.2, -0.15) is 4.98 Å². The van der Waals surface area contributed by atoms with Gasteiger partial charge in [-0.25, -0.2) is 4.98 Å². The van der Waals surface area contributed by atoms with Crippen LogP contribution in [0.3, 0.4) is 0 Å². The molecule has 0 unspecified atom stereocenters. The molecular weight excluding hydrogens is 282 g/mol. The average Bonchev–Trinajstić information content (AvgIpc) is 2.47. The first-order valence-corrected chi connectivity index (χ1v) is 7.10. The van der Waals surface area contributed by atoms with Gasteiger partial charge < -0.3 is 26.7 Å². The van der Waals surface area contributed by atoms with E-state index in [9.17, 15) is 0 Å². The summed E-state index contributed by atoms with van der Waals surface area (Å²) in [6.45, 7) is 4.84. The maximum absolute atomic E-state index is 6.05. The van der Waals surface area contributed by atoms with Gasteiger partial charge in [0.2, 0.25) is 5.95 Å². The summed E-state index contributed by atoms with van der Waals surface area (Å²) in [5.74, 6) is 1.71. The first kappa shape index (κ1) is 15.7. The highest BCUT2D eigenvalue weighted by molar-refractivity contribution is 5.65. The Kier molecular flexibility index (Phi) is 4.88. The Hall–Kier alpha value is -2.70. The molecule has 0 aliphatic rings. The fourth-order valence-corrected chi connectivity index (χ4v) is 2.10. The van der Waals surface area contributed by atoms with Crippen LogP contribution in [0.4, 0.5) is 17.5 Å². The highest BCUT2D eigenvalue weighted by Gasteiger charge is 2.12. The molecule has 0 radical (unpaired) electrons. The van der Waals surface area contributed by atoms with Crippen molar-refractivity contribution in [3.63, 3.8) is 0 Å². The summed E-state index contributed by atoms with van der Waals surface area (Å²) in [7, 11) is 0. The predicted molar refractivity (Wildman–Crippen MR) is 86.9 cm³/mol. The molecule has 2 rings (SSSR count). The van der Waals surface area contributed by atoms with Crippen LogP contribution in [0.2, 0.25) is 0 Å². The molecule has 0 aliphatic carbocycles. The van der Waals surface area contributed by atoms with Crippen molar-refractivity contribution in [1.29, 1.82) is 0 Å². The zero-order valence-electron chi connectivity index (χ0n) is 12.8. The lowest BCUT2D eigenvalue weighted by atomic mass is 10.1. The van der Waals surface area contributed by atoms with Crippen LogP contribution in [0.1, 0.15) is 25.0 Å². The van der Waals surface area contributed by atoms with E-state index >= 15 is 0 Å². The number of nitrogens with two attached hydrogens (primary N) is 3. The standard InChI is InChI=1S/C15H21N5O2/c1-3-21-11-6-9(7-12(13(11)16)22-4-2)5-10-8-19-15(18)20-14(10)17/h6-8H,3-5,16H2,1-2H3,(H4,17,18,19,20). The molecule has 0 atom stereocenters. The highest BCUT2D eigenvalue weighted by Crippen LogP contribution is 2.34. The van der Waals surface area contributed by atoms with Gasteiger partial charge in [-0.05, 0) is 31.5 Å². The molecule has 1 heterocycles. The fourth-order valence-electron chi connectivity index (χ4n) is 2.10. The molecule has 0 spiro atoms. The summed E-state index contributed by atoms with van der Waals surface area (Å²) < 4.78 is 11.1. The summed E-state index contributed by atoms with van der Waals surface area (Å²) in [5, 5.41) is 0. The summed E-state index contributed by atoms with van der Waals surface area (Å²) >= 11 is 0. The number of nitrogens with zero attached hydrogens (tertiary/aromatic N) is 2. The zero-order chi connectivity index (χ0) is 16.1. The number of anilines is 3. The van der Waals surface area contributed by atoms with E-state index in [1.165, 1.54) is 0 Å². The van der Waals surface area contributed by atoms with Crippen molar-refractivity contribution < 1.29 is 9.47 Å². The molecule has 0 aliphatic heterocycles. The van der Waals surface area contributed by atoms with Crippen molar-refractivity contribution in [2.75, 3.05) is 30.4 Å². The van der Waals surface area contributed by atoms with E-state index in [1.54, 1.807) is 6.20 Å². The highest BCUT2D eigenvalue weighted by atomic mass is 16.5. The molecule has 2 aromatic rings. The normalized spacial score (nSPS) is 10.5. The van der Waals surface area contributed by atoms with Crippen LogP contribution in [0.5, 0.6) is 11.5 Å². The van der Waals surface area contributed by atoms with Crippen LogP contribution in [0.25, 0.3) is 0 Å². The summed E-state index contributed by atoms with van der Waals surface area (Å²) in [6, 6.07) is 3.74. The Bertz CT molecular complexity index is 633. The number of hydrogen-bond acceptors (Lipinski definition) is 7. The van der Waals surface area contributed by atoms with Crippen LogP contribution in [0.15, 0.2) is 18.3 Å². The average molecular weight is 303 g/mol. The van der Waals surface area contributed by atoms with Gasteiger partial charge >= 0.3 is 0 Å². The van der Waals surface area contributed by atoms with Crippen molar-refractivity contribution in [3.05, 3.63) is 29.5 Å². The minimum Gasteiger partial charge on any atom is -0.492 e. The lowest BCUT2D eigenvalue weighted by molar-refractivity contribution is 0.326. The second kappa shape index (κ2) is 6.84. The van der Waals surface area contributed by atoms with Gasteiger partial charge in [0, 0.05) is 18.2 Å². The van der Waals surface area contributed by atoms with Gasteiger partial charge in [-0.15, -0.1) is 0 Å². The number of benzene rings is 1. The lowest BCUT2D eigenvalue weighted by Crippen LogP contribution is -2.06. The number of nitrogen functional groups attached to an aromatic ring is 3. The van der Waals surface area contributed by atoms with Gasteiger partial charge in [-0.1, -0.05) is 0 Å². The molecule has 0 amide bonds. The Morgan fingerprint density at radius 2 is 1.59 bits per heavy atom. The van der Waals surface area contributed by atoms with Gasteiger partial charge in [0.15, 0.2) is 0 Å². The lowest BCUT2D eigenvalue weighted by Gasteiger charge is -2.15. The fraction of sp³-hybridized carbons (Fsp3) is 0.333. The van der Waals surface area contributed by atoms with Crippen molar-refractivity contribution in [2.24, 2.45) is 0 Å². The predicted octanol–water partition coefficient (Wildman–Crippen LogP) is 1.61. The first-order chi connectivity index (χ1) is 10.5. The first-order valence-electron chi connectivity index (χ1n) is 7.10. The smallest absolute Gasteiger partial charge is 0.221 e. The largest absolute Gasteiger partial charge is 0.492 e. The van der Waals surface area contributed by atoms with Gasteiger partial charge in [-0.3, -0.25) is 0 Å². The second-order valence-corrected chi connectivity index (χ2v) is 4.69. The summed E-state index contributed by atoms with van der Waals surface area (Å²) in [4.78, 5) is 7.93. The van der Waals surface area contributed by atoms with Gasteiger partial charge in [0.25, 0.3) is 0 Å². The molecule has 6 N–H and O–H groups in total. The SMILES string of the molecule is CCOc1cc(Cc2cnc(N)nc2N)cc(OCC)c1N. The Balaban J connectivity index is 2.37. The molecule has 7 heteroatoms. The molecule has 7 nitrogen and oxygen atoms in total. The van der Waals surface area contributed by atoms with Crippen LogP contribution in [-0.2, 0) is 6.42 Å². The van der Waals surface area contributed by atoms with E-state index in [0.717, 1.165) is 11.1 Å². The Morgan fingerprint density at radius 1 is 1.00 bits per heavy atom. The van der Waals surface area contributed by atoms with Crippen molar-refractivity contribution in [3.8, 4) is 11.5 Å². The number of rotatable bonds is 6. The van der Waals surface area contributed by atoms with Gasteiger partial charge in [0.1, 0.15) is 23.0 Å². The van der Waals surface area contributed by atoms with Crippen molar-refractivity contribution in [2.45, 2.75) is 20.3 Å². The minimum absolute atomic E-state index is 0.156. The topological polar surface area (TPSA) is 122 Å².